The van der Waals surface area contributed by atoms with Crippen molar-refractivity contribution in [1.29, 1.82) is 0 Å². The molecule has 0 aliphatic carbocycles. The molecule has 0 radical (unpaired) electrons. The maximum Gasteiger partial charge on any atom is 0.231 e. The number of hydrogen-bond acceptors (Lipinski definition) is 2. The predicted octanol–water partition coefficient (Wildman–Crippen LogP) is 2.66. The van der Waals surface area contributed by atoms with Gasteiger partial charge in [0.2, 0.25) is 5.91 Å². The topological polar surface area (TPSA) is 41.1 Å². The molecule has 4 heteroatoms. The Bertz CT molecular complexity index is 439. The Morgan fingerprint density at radius 3 is 2.72 bits per heavy atom. The highest BCUT2D eigenvalue weighted by molar-refractivity contribution is 5.96. The van der Waals surface area contributed by atoms with Crippen molar-refractivity contribution in [2.75, 3.05) is 18.4 Å². The van der Waals surface area contributed by atoms with Crippen LogP contribution >= 0.6 is 12.4 Å². The van der Waals surface area contributed by atoms with Crippen LogP contribution in [0.2, 0.25) is 0 Å². The Balaban J connectivity index is 0.00000162. The van der Waals surface area contributed by atoms with Crippen molar-refractivity contribution in [3.63, 3.8) is 0 Å². The molecule has 18 heavy (non-hydrogen) atoms. The first-order valence-corrected chi connectivity index (χ1v) is 6.11. The zero-order valence-corrected chi connectivity index (χ0v) is 12.0. The van der Waals surface area contributed by atoms with Gasteiger partial charge in [-0.3, -0.25) is 4.79 Å². The second kappa shape index (κ2) is 5.72. The lowest BCUT2D eigenvalue weighted by atomic mass is 9.88. The number of carbonyl (C=O) groups excluding carboxylic acids is 1. The van der Waals surface area contributed by atoms with Crippen LogP contribution in [0, 0.1) is 19.3 Å². The fourth-order valence-corrected chi connectivity index (χ4v) is 2.15. The van der Waals surface area contributed by atoms with Crippen molar-refractivity contribution >= 4 is 24.0 Å². The van der Waals surface area contributed by atoms with Gasteiger partial charge in [0.15, 0.2) is 0 Å². The lowest BCUT2D eigenvalue weighted by Crippen LogP contribution is -2.35. The van der Waals surface area contributed by atoms with Crippen LogP contribution in [0.4, 0.5) is 5.69 Å². The van der Waals surface area contributed by atoms with Gasteiger partial charge < -0.3 is 10.6 Å². The Morgan fingerprint density at radius 2 is 2.11 bits per heavy atom. The molecule has 2 rings (SSSR count). The van der Waals surface area contributed by atoms with Crippen molar-refractivity contribution < 1.29 is 4.79 Å². The highest BCUT2D eigenvalue weighted by Crippen LogP contribution is 2.27. The molecular formula is C14H21ClN2O. The lowest BCUT2D eigenvalue weighted by Gasteiger charge is -2.22. The average molecular weight is 269 g/mol. The summed E-state index contributed by atoms with van der Waals surface area (Å²) in [6.07, 6.45) is 0.906. The zero-order valence-electron chi connectivity index (χ0n) is 11.2. The SMILES string of the molecule is Cc1ccc(C)c(NC(=O)C2(C)CCNC2)c1.Cl. The molecule has 2 N–H and O–H groups in total. The van der Waals surface area contributed by atoms with E-state index in [2.05, 4.69) is 16.7 Å². The van der Waals surface area contributed by atoms with Gasteiger partial charge in [0.25, 0.3) is 0 Å². The number of hydrogen-bond donors (Lipinski definition) is 2. The minimum absolute atomic E-state index is 0. The van der Waals surface area contributed by atoms with E-state index in [0.29, 0.717) is 0 Å². The molecule has 1 aliphatic heterocycles. The van der Waals surface area contributed by atoms with Crippen LogP contribution < -0.4 is 10.6 Å². The first kappa shape index (κ1) is 15.0. The van der Waals surface area contributed by atoms with Gasteiger partial charge in [-0.15, -0.1) is 12.4 Å². The van der Waals surface area contributed by atoms with Crippen molar-refractivity contribution in [3.05, 3.63) is 29.3 Å². The summed E-state index contributed by atoms with van der Waals surface area (Å²) in [6, 6.07) is 6.13. The fourth-order valence-electron chi connectivity index (χ4n) is 2.15. The fraction of sp³-hybridized carbons (Fsp3) is 0.500. The third kappa shape index (κ3) is 3.03. The maximum absolute atomic E-state index is 12.2. The van der Waals surface area contributed by atoms with Crippen molar-refractivity contribution in [2.24, 2.45) is 5.41 Å². The number of halogens is 1. The molecule has 1 atom stereocenters. The molecule has 1 heterocycles. The van der Waals surface area contributed by atoms with Gasteiger partial charge in [0.1, 0.15) is 0 Å². The van der Waals surface area contributed by atoms with Gasteiger partial charge in [0, 0.05) is 12.2 Å². The summed E-state index contributed by atoms with van der Waals surface area (Å²) in [7, 11) is 0. The highest BCUT2D eigenvalue weighted by Gasteiger charge is 2.36. The van der Waals surface area contributed by atoms with Crippen molar-refractivity contribution in [3.8, 4) is 0 Å². The van der Waals surface area contributed by atoms with Gasteiger partial charge in [-0.2, -0.15) is 0 Å². The van der Waals surface area contributed by atoms with E-state index < -0.39 is 0 Å². The molecule has 1 aliphatic rings. The maximum atomic E-state index is 12.2. The minimum atomic E-state index is -0.268. The second-order valence-corrected chi connectivity index (χ2v) is 5.26. The summed E-state index contributed by atoms with van der Waals surface area (Å²) < 4.78 is 0. The third-order valence-corrected chi connectivity index (χ3v) is 3.56. The summed E-state index contributed by atoms with van der Waals surface area (Å²) in [4.78, 5) is 12.2. The zero-order chi connectivity index (χ0) is 12.5. The van der Waals surface area contributed by atoms with E-state index >= 15 is 0 Å². The molecule has 3 nitrogen and oxygen atoms in total. The van der Waals surface area contributed by atoms with Crippen LogP contribution in [0.1, 0.15) is 24.5 Å². The molecular weight excluding hydrogens is 248 g/mol. The Morgan fingerprint density at radius 1 is 1.39 bits per heavy atom. The molecule has 0 bridgehead atoms. The van der Waals surface area contributed by atoms with Crippen LogP contribution in [0.3, 0.4) is 0 Å². The number of carbonyl (C=O) groups is 1. The molecule has 0 saturated carbocycles. The van der Waals surface area contributed by atoms with Crippen LogP contribution in [-0.4, -0.2) is 19.0 Å². The van der Waals surface area contributed by atoms with Gasteiger partial charge >= 0.3 is 0 Å². The van der Waals surface area contributed by atoms with Gasteiger partial charge in [-0.1, -0.05) is 12.1 Å². The number of benzene rings is 1. The smallest absolute Gasteiger partial charge is 0.231 e. The van der Waals surface area contributed by atoms with Crippen molar-refractivity contribution in [1.82, 2.24) is 5.32 Å². The molecule has 0 spiro atoms. The molecule has 100 valence electrons. The van der Waals surface area contributed by atoms with Crippen LogP contribution in [0.15, 0.2) is 18.2 Å². The number of rotatable bonds is 2. The van der Waals surface area contributed by atoms with E-state index in [1.165, 1.54) is 5.56 Å². The van der Waals surface area contributed by atoms with Gasteiger partial charge in [-0.25, -0.2) is 0 Å². The molecule has 1 aromatic rings. The predicted molar refractivity (Wildman–Crippen MR) is 77.4 cm³/mol. The molecule has 1 aromatic carbocycles. The first-order chi connectivity index (χ1) is 8.01. The minimum Gasteiger partial charge on any atom is -0.325 e. The average Bonchev–Trinajstić information content (AvgIpc) is 2.72. The summed E-state index contributed by atoms with van der Waals surface area (Å²) in [5.41, 5.74) is 2.94. The number of nitrogens with one attached hydrogen (secondary N) is 2. The monoisotopic (exact) mass is 268 g/mol. The Hall–Kier alpha value is -1.06. The first-order valence-electron chi connectivity index (χ1n) is 6.11. The largest absolute Gasteiger partial charge is 0.325 e. The summed E-state index contributed by atoms with van der Waals surface area (Å²) in [5, 5.41) is 6.30. The Labute approximate surface area is 115 Å². The quantitative estimate of drug-likeness (QED) is 0.866. The highest BCUT2D eigenvalue weighted by atomic mass is 35.5. The number of aryl methyl sites for hydroxylation is 2. The normalized spacial score (nSPS) is 22.4. The molecule has 0 aromatic heterocycles. The number of anilines is 1. The summed E-state index contributed by atoms with van der Waals surface area (Å²) in [6.45, 7) is 7.77. The summed E-state index contributed by atoms with van der Waals surface area (Å²) >= 11 is 0. The van der Waals surface area contributed by atoms with E-state index in [4.69, 9.17) is 0 Å². The number of amides is 1. The van der Waals surface area contributed by atoms with E-state index in [9.17, 15) is 4.79 Å². The standard InChI is InChI=1S/C14H20N2O.ClH/c1-10-4-5-11(2)12(8-10)16-13(17)14(3)6-7-15-9-14;/h4-5,8,15H,6-7,9H2,1-3H3,(H,16,17);1H. The van der Waals surface area contributed by atoms with E-state index in [-0.39, 0.29) is 23.7 Å². The molecule has 1 amide bonds. The van der Waals surface area contributed by atoms with E-state index in [0.717, 1.165) is 30.8 Å². The molecule has 1 saturated heterocycles. The second-order valence-electron chi connectivity index (χ2n) is 5.26. The Kier molecular flexibility index (Phi) is 4.77. The summed E-state index contributed by atoms with van der Waals surface area (Å²) in [5.74, 6) is 0.121. The lowest BCUT2D eigenvalue weighted by molar-refractivity contribution is -0.123. The van der Waals surface area contributed by atoms with Crippen molar-refractivity contribution in [2.45, 2.75) is 27.2 Å². The van der Waals surface area contributed by atoms with E-state index in [1.54, 1.807) is 0 Å². The third-order valence-electron chi connectivity index (χ3n) is 3.56. The van der Waals surface area contributed by atoms with Crippen LogP contribution in [0.5, 0.6) is 0 Å². The van der Waals surface area contributed by atoms with Crippen LogP contribution in [-0.2, 0) is 4.79 Å². The van der Waals surface area contributed by atoms with Crippen LogP contribution in [0.25, 0.3) is 0 Å². The van der Waals surface area contributed by atoms with Gasteiger partial charge in [0.05, 0.1) is 5.41 Å². The van der Waals surface area contributed by atoms with Gasteiger partial charge in [-0.05, 0) is 50.9 Å². The van der Waals surface area contributed by atoms with E-state index in [1.807, 2.05) is 32.9 Å². The molecule has 1 fully saturated rings. The molecule has 1 unspecified atom stereocenters.